The van der Waals surface area contributed by atoms with E-state index in [1.165, 1.54) is 16.7 Å². The largest absolute Gasteiger partial charge is 0.309 e. The van der Waals surface area contributed by atoms with Crippen molar-refractivity contribution in [2.75, 3.05) is 0 Å². The van der Waals surface area contributed by atoms with Gasteiger partial charge in [-0.1, -0.05) is 193 Å². The van der Waals surface area contributed by atoms with E-state index in [0.717, 1.165) is 0 Å². The molecule has 0 aliphatic heterocycles. The summed E-state index contributed by atoms with van der Waals surface area (Å²) in [6, 6.07) is -35.8. The molecule has 0 saturated heterocycles. The second kappa shape index (κ2) is 15.2. The third-order valence-corrected chi connectivity index (χ3v) is 14.4. The zero-order valence-corrected chi connectivity index (χ0v) is 32.8. The summed E-state index contributed by atoms with van der Waals surface area (Å²) in [5.41, 5.74) is -7.47. The predicted molar refractivity (Wildman–Crippen MR) is 270 cm³/mol. The molecular weight excluding hydrogens is 777 g/mol. The standard InChI is InChI=1S/C60H42N2Si/c1-5-20-45(21-6-1)61-57-34-17-15-32-53(57)55-40-43(36-38-59(55)61)51-30-13-14-31-52(51)44-37-39-60-56(41-44)54-33-16-18-35-58(54)62(60)46-22-19-29-50(42-46)63(47-23-7-2-8-24-47,48-25-9-3-10-26-48)49-27-11-4-12-28-49/h1-42H/i2D,3D,4D,7D,8D,9D,10D,11D,12D,13D,14D,15D,16D,17D,18D,19D,22D,23D,24D,25D,26D,27D,28D,29D,30D,31D,32D,33D,34D,35D,36D,37D,38D,39D,40D,41D,42D. The van der Waals surface area contributed by atoms with Gasteiger partial charge in [-0.05, 0) is 103 Å². The molecular formula is C60H42N2Si. The van der Waals surface area contributed by atoms with Gasteiger partial charge in [-0.3, -0.25) is 0 Å². The third kappa shape index (κ3) is 5.93. The molecule has 2 nitrogen and oxygen atoms in total. The Morgan fingerprint density at radius 3 is 1.22 bits per heavy atom. The van der Waals surface area contributed by atoms with Gasteiger partial charge in [0.1, 0.15) is 0 Å². The molecule has 0 saturated carbocycles. The Hall–Kier alpha value is -7.98. The van der Waals surface area contributed by atoms with Gasteiger partial charge in [0.05, 0.1) is 72.8 Å². The number of fused-ring (bicyclic) bond motifs is 6. The summed E-state index contributed by atoms with van der Waals surface area (Å²) >= 11 is 0. The minimum absolute atomic E-state index is 0.181. The maximum absolute atomic E-state index is 10.6. The van der Waals surface area contributed by atoms with Gasteiger partial charge in [0, 0.05) is 32.9 Å². The zero-order chi connectivity index (χ0) is 73.9. The molecule has 0 N–H and O–H groups in total. The van der Waals surface area contributed by atoms with Crippen LogP contribution in [-0.2, 0) is 0 Å². The van der Waals surface area contributed by atoms with Crippen LogP contribution in [0.4, 0.5) is 0 Å². The van der Waals surface area contributed by atoms with Crippen molar-refractivity contribution >= 4 is 72.4 Å². The fraction of sp³-hybridized carbons (Fsp3) is 0. The molecule has 0 atom stereocenters. The first-order chi connectivity index (χ1) is 46.7. The maximum atomic E-state index is 10.6. The SMILES string of the molecule is [2H]c1c([2H])c([2H])c([Si](c2c([2H])c([2H])c([2H])c([2H])c2[2H])(c2c([2H])c([2H])c([2H])c([2H])c2[2H])c2c([2H])c([2H])c([2H])c(-n3c4c([2H])c([2H])c([2H])c([2H])c4c4c([2H])c(-c5c([2H])c([2H])c([2H])c([2H])c5-c5c([2H])c([2H])c6c(c5[2H])c5c([2H])c([2H])c([2H])c([2H])c5n6-c5ccccc5)c([2H])c([2H])c43)c2[2H])c([2H])c1[2H]. The van der Waals surface area contributed by atoms with Crippen molar-refractivity contribution in [3.05, 3.63) is 254 Å². The van der Waals surface area contributed by atoms with Gasteiger partial charge in [0.25, 0.3) is 0 Å². The first-order valence-electron chi connectivity index (χ1n) is 37.3. The van der Waals surface area contributed by atoms with Crippen LogP contribution in [0.25, 0.3) is 77.2 Å². The molecule has 12 rings (SSSR count). The molecule has 0 unspecified atom stereocenters. The first-order valence-corrected chi connectivity index (χ1v) is 20.8. The van der Waals surface area contributed by atoms with E-state index >= 15 is 0 Å². The Balaban J connectivity index is 1.33. The highest BCUT2D eigenvalue weighted by Crippen LogP contribution is 2.40. The van der Waals surface area contributed by atoms with Crippen molar-refractivity contribution in [3.63, 3.8) is 0 Å². The topological polar surface area (TPSA) is 9.86 Å². The summed E-state index contributed by atoms with van der Waals surface area (Å²) < 4.78 is 349. The highest BCUT2D eigenvalue weighted by atomic mass is 28.3. The van der Waals surface area contributed by atoms with Crippen molar-refractivity contribution in [1.82, 2.24) is 9.13 Å². The van der Waals surface area contributed by atoms with Crippen molar-refractivity contribution in [1.29, 1.82) is 0 Å². The smallest absolute Gasteiger partial charge is 0.179 e. The van der Waals surface area contributed by atoms with Crippen LogP contribution in [0, 0.1) is 0 Å². The lowest BCUT2D eigenvalue weighted by Crippen LogP contribution is -2.74. The van der Waals surface area contributed by atoms with Gasteiger partial charge >= 0.3 is 0 Å². The molecule has 2 aromatic heterocycles. The molecule has 0 radical (unpaired) electrons. The fourth-order valence-electron chi connectivity index (χ4n) is 7.72. The molecule has 0 fully saturated rings. The number of para-hydroxylation sites is 3. The van der Waals surface area contributed by atoms with Crippen molar-refractivity contribution in [3.8, 4) is 33.6 Å². The lowest BCUT2D eigenvalue weighted by atomic mass is 9.93. The van der Waals surface area contributed by atoms with Crippen LogP contribution in [0.5, 0.6) is 0 Å². The summed E-state index contributed by atoms with van der Waals surface area (Å²) in [5.74, 6) is 0. The lowest BCUT2D eigenvalue weighted by Gasteiger charge is -2.34. The van der Waals surface area contributed by atoms with Crippen LogP contribution in [0.15, 0.2) is 254 Å². The van der Waals surface area contributed by atoms with E-state index in [1.54, 1.807) is 18.2 Å². The molecule has 0 bridgehead atoms. The van der Waals surface area contributed by atoms with E-state index in [0.29, 0.717) is 4.57 Å². The van der Waals surface area contributed by atoms with Gasteiger partial charge in [0.15, 0.2) is 8.07 Å². The van der Waals surface area contributed by atoms with Gasteiger partial charge in [0.2, 0.25) is 0 Å². The summed E-state index contributed by atoms with van der Waals surface area (Å²) in [4.78, 5) is 0. The van der Waals surface area contributed by atoms with Gasteiger partial charge in [-0.25, -0.2) is 0 Å². The Kier molecular flexibility index (Phi) is 3.64. The van der Waals surface area contributed by atoms with Crippen molar-refractivity contribution in [2.45, 2.75) is 0 Å². The Bertz CT molecular complexity index is 5570. The summed E-state index contributed by atoms with van der Waals surface area (Å²) in [5, 5.41) is -7.71. The summed E-state index contributed by atoms with van der Waals surface area (Å²) in [6.45, 7) is 0. The average molecular weight is 856 g/mol. The van der Waals surface area contributed by atoms with Crippen molar-refractivity contribution in [2.24, 2.45) is 0 Å². The van der Waals surface area contributed by atoms with Gasteiger partial charge in [-0.15, -0.1) is 0 Å². The molecule has 0 aliphatic carbocycles. The summed E-state index contributed by atoms with van der Waals surface area (Å²) in [6.07, 6.45) is 0. The van der Waals surface area contributed by atoms with E-state index in [-0.39, 0.29) is 22.1 Å². The van der Waals surface area contributed by atoms with Crippen LogP contribution in [0.1, 0.15) is 50.7 Å². The Labute approximate surface area is 420 Å². The zero-order valence-electron chi connectivity index (χ0n) is 68.8. The second-order valence-corrected chi connectivity index (χ2v) is 17.1. The maximum Gasteiger partial charge on any atom is 0.179 e. The highest BCUT2D eigenvalue weighted by molar-refractivity contribution is 7.19. The van der Waals surface area contributed by atoms with E-state index in [4.69, 9.17) is 21.9 Å². The average Bonchev–Trinajstić information content (AvgIpc) is 0.979. The lowest BCUT2D eigenvalue weighted by molar-refractivity contribution is 1.18. The monoisotopic (exact) mass is 856 g/mol. The van der Waals surface area contributed by atoms with Crippen LogP contribution < -0.4 is 20.7 Å². The minimum Gasteiger partial charge on any atom is -0.309 e. The third-order valence-electron chi connectivity index (χ3n) is 10.4. The van der Waals surface area contributed by atoms with Crippen LogP contribution in [0.3, 0.4) is 0 Å². The van der Waals surface area contributed by atoms with Gasteiger partial charge < -0.3 is 9.13 Å². The quantitative estimate of drug-likeness (QED) is 0.106. The van der Waals surface area contributed by atoms with E-state index in [2.05, 4.69) is 0 Å². The highest BCUT2D eigenvalue weighted by Gasteiger charge is 2.41. The van der Waals surface area contributed by atoms with E-state index in [9.17, 15) is 28.8 Å². The van der Waals surface area contributed by atoms with Gasteiger partial charge in [-0.2, -0.15) is 0 Å². The summed E-state index contributed by atoms with van der Waals surface area (Å²) in [7, 11) is -6.63. The Morgan fingerprint density at radius 2 is 0.714 bits per heavy atom. The van der Waals surface area contributed by atoms with E-state index < -0.39 is 308 Å². The van der Waals surface area contributed by atoms with Crippen LogP contribution >= 0.6 is 0 Å². The minimum atomic E-state index is -6.63. The predicted octanol–water partition coefficient (Wildman–Crippen LogP) is 12.6. The number of aromatic nitrogens is 2. The number of hydrogen-bond donors (Lipinski definition) is 0. The molecule has 0 aliphatic rings. The number of hydrogen-bond acceptors (Lipinski definition) is 0. The first kappa shape index (κ1) is 15.1. The van der Waals surface area contributed by atoms with Crippen LogP contribution in [-0.4, -0.2) is 17.2 Å². The number of nitrogens with zero attached hydrogens (tertiary/aromatic N) is 2. The molecule has 10 aromatic carbocycles. The molecule has 12 aromatic rings. The van der Waals surface area contributed by atoms with E-state index in [1.807, 2.05) is 0 Å². The molecule has 3 heteroatoms. The molecule has 2 heterocycles. The molecule has 0 spiro atoms. The molecule has 63 heavy (non-hydrogen) atoms. The van der Waals surface area contributed by atoms with Crippen molar-refractivity contribution < 1.29 is 50.7 Å². The van der Waals surface area contributed by atoms with Crippen LogP contribution in [0.2, 0.25) is 0 Å². The normalized spacial score (nSPS) is 20.0. The number of benzene rings is 10. The Morgan fingerprint density at radius 1 is 0.302 bits per heavy atom. The number of rotatable bonds is 8. The molecule has 0 amide bonds. The fourth-order valence-corrected chi connectivity index (χ4v) is 11.3. The second-order valence-electron chi connectivity index (χ2n) is 13.6. The molecule has 296 valence electrons.